The third kappa shape index (κ3) is 2.12. The molecule has 0 atom stereocenters. The van der Waals surface area contributed by atoms with Gasteiger partial charge in [0, 0.05) is 5.38 Å². The Balaban J connectivity index is 2.53. The summed E-state index contributed by atoms with van der Waals surface area (Å²) in [6.45, 7) is 0. The van der Waals surface area contributed by atoms with E-state index in [9.17, 15) is 4.79 Å². The lowest BCUT2D eigenvalue weighted by atomic mass is 10.1. The zero-order valence-electron chi connectivity index (χ0n) is 9.34. The average molecular weight is 250 g/mol. The predicted molar refractivity (Wildman–Crippen MR) is 62.9 cm³/mol. The summed E-state index contributed by atoms with van der Waals surface area (Å²) in [5.74, 6) is 0.665. The molecule has 1 aromatic carbocycles. The van der Waals surface area contributed by atoms with Crippen LogP contribution < -0.4 is 9.47 Å². The summed E-state index contributed by atoms with van der Waals surface area (Å²) in [6.07, 6.45) is 0. The molecule has 0 radical (unpaired) electrons. The van der Waals surface area contributed by atoms with Crippen LogP contribution in [0.3, 0.4) is 0 Å². The van der Waals surface area contributed by atoms with Crippen LogP contribution >= 0.6 is 11.5 Å². The molecule has 1 heterocycles. The first-order valence-electron chi connectivity index (χ1n) is 4.80. The highest BCUT2D eigenvalue weighted by Crippen LogP contribution is 2.30. The maximum absolute atomic E-state index is 12.2. The molecule has 0 saturated heterocycles. The fraction of sp³-hybridized carbons (Fsp3) is 0.182. The van der Waals surface area contributed by atoms with Crippen LogP contribution in [0.4, 0.5) is 0 Å². The number of hydrogen-bond donors (Lipinski definition) is 0. The molecule has 0 aliphatic heterocycles. The first-order valence-corrected chi connectivity index (χ1v) is 5.64. The number of carbonyl (C=O) groups excluding carboxylic acids is 1. The average Bonchev–Trinajstić information content (AvgIpc) is 2.90. The summed E-state index contributed by atoms with van der Waals surface area (Å²) >= 11 is 1.13. The molecule has 2 rings (SSSR count). The largest absolute Gasteiger partial charge is 0.496 e. The minimum atomic E-state index is -0.256. The highest BCUT2D eigenvalue weighted by molar-refractivity contribution is 7.03. The molecule has 1 aromatic heterocycles. The van der Waals surface area contributed by atoms with Crippen molar-refractivity contribution < 1.29 is 14.3 Å². The topological polar surface area (TPSA) is 61.3 Å². The van der Waals surface area contributed by atoms with E-state index in [1.165, 1.54) is 14.2 Å². The molecule has 88 valence electrons. The van der Waals surface area contributed by atoms with Crippen LogP contribution in [0, 0.1) is 0 Å². The molecule has 0 fully saturated rings. The SMILES string of the molecule is COc1cccc(OC)c1C(=O)c1csnn1. The summed E-state index contributed by atoms with van der Waals surface area (Å²) in [7, 11) is 3.01. The maximum atomic E-state index is 12.2. The number of benzene rings is 1. The van der Waals surface area contributed by atoms with Gasteiger partial charge in [0.15, 0.2) is 0 Å². The molecule has 2 aromatic rings. The number of rotatable bonds is 4. The summed E-state index contributed by atoms with van der Waals surface area (Å²) in [6, 6.07) is 5.17. The standard InChI is InChI=1S/C11H10N2O3S/c1-15-8-4-3-5-9(16-2)10(8)11(14)7-6-17-13-12-7/h3-6H,1-2H3. The second-order valence-electron chi connectivity index (χ2n) is 3.16. The molecule has 6 heteroatoms. The van der Waals surface area contributed by atoms with Gasteiger partial charge in [-0.25, -0.2) is 0 Å². The molecular weight excluding hydrogens is 240 g/mol. The van der Waals surface area contributed by atoms with Crippen LogP contribution in [0.1, 0.15) is 16.1 Å². The van der Waals surface area contributed by atoms with Gasteiger partial charge in [0.05, 0.1) is 14.2 Å². The smallest absolute Gasteiger partial charge is 0.221 e. The van der Waals surface area contributed by atoms with Gasteiger partial charge in [-0.3, -0.25) is 4.79 Å². The van der Waals surface area contributed by atoms with Crippen molar-refractivity contribution >= 4 is 17.3 Å². The Kier molecular flexibility index (Phi) is 3.34. The second-order valence-corrected chi connectivity index (χ2v) is 3.77. The number of hydrogen-bond acceptors (Lipinski definition) is 6. The molecule has 0 saturated carbocycles. The zero-order valence-corrected chi connectivity index (χ0v) is 10.2. The molecule has 0 aliphatic rings. The lowest BCUT2D eigenvalue weighted by Crippen LogP contribution is -2.07. The van der Waals surface area contributed by atoms with Gasteiger partial charge in [0.1, 0.15) is 22.8 Å². The lowest BCUT2D eigenvalue weighted by Gasteiger charge is -2.10. The van der Waals surface area contributed by atoms with E-state index in [1.807, 2.05) is 0 Å². The summed E-state index contributed by atoms with van der Waals surface area (Å²) in [5.41, 5.74) is 0.656. The molecule has 5 nitrogen and oxygen atoms in total. The third-order valence-corrected chi connectivity index (χ3v) is 2.75. The summed E-state index contributed by atoms with van der Waals surface area (Å²) < 4.78 is 14.0. The van der Waals surface area contributed by atoms with Gasteiger partial charge in [0.2, 0.25) is 5.78 Å². The number of methoxy groups -OCH3 is 2. The predicted octanol–water partition coefficient (Wildman–Crippen LogP) is 1.79. The van der Waals surface area contributed by atoms with Crippen LogP contribution in [0.2, 0.25) is 0 Å². The van der Waals surface area contributed by atoms with Crippen LogP contribution in [0.15, 0.2) is 23.6 Å². The van der Waals surface area contributed by atoms with E-state index in [0.717, 1.165) is 11.5 Å². The van der Waals surface area contributed by atoms with Crippen LogP contribution in [0.5, 0.6) is 11.5 Å². The molecule has 0 bridgehead atoms. The van der Waals surface area contributed by atoms with Gasteiger partial charge in [-0.1, -0.05) is 10.6 Å². The Labute approximate surface area is 102 Å². The second kappa shape index (κ2) is 4.92. The van der Waals surface area contributed by atoms with Crippen molar-refractivity contribution in [1.29, 1.82) is 0 Å². The van der Waals surface area contributed by atoms with Crippen LogP contribution in [-0.2, 0) is 0 Å². The highest BCUT2D eigenvalue weighted by atomic mass is 32.1. The van der Waals surface area contributed by atoms with Crippen molar-refractivity contribution in [2.75, 3.05) is 14.2 Å². The van der Waals surface area contributed by atoms with E-state index in [4.69, 9.17) is 9.47 Å². The molecular formula is C11H10N2O3S. The first kappa shape index (κ1) is 11.5. The van der Waals surface area contributed by atoms with E-state index in [-0.39, 0.29) is 11.5 Å². The first-order chi connectivity index (χ1) is 8.27. The van der Waals surface area contributed by atoms with Crippen molar-refractivity contribution in [2.24, 2.45) is 0 Å². The van der Waals surface area contributed by atoms with E-state index in [0.29, 0.717) is 17.1 Å². The van der Waals surface area contributed by atoms with E-state index >= 15 is 0 Å². The van der Waals surface area contributed by atoms with E-state index in [1.54, 1.807) is 23.6 Å². The van der Waals surface area contributed by atoms with Crippen LogP contribution in [-0.4, -0.2) is 29.6 Å². The quantitative estimate of drug-likeness (QED) is 0.774. The van der Waals surface area contributed by atoms with Gasteiger partial charge < -0.3 is 9.47 Å². The molecule has 0 unspecified atom stereocenters. The Hall–Kier alpha value is -1.95. The molecule has 0 aliphatic carbocycles. The molecule has 0 spiro atoms. The summed E-state index contributed by atoms with van der Waals surface area (Å²) in [4.78, 5) is 12.2. The molecule has 17 heavy (non-hydrogen) atoms. The minimum Gasteiger partial charge on any atom is -0.496 e. The van der Waals surface area contributed by atoms with Crippen molar-refractivity contribution in [2.45, 2.75) is 0 Å². The zero-order chi connectivity index (χ0) is 12.3. The van der Waals surface area contributed by atoms with Crippen molar-refractivity contribution in [3.63, 3.8) is 0 Å². The van der Waals surface area contributed by atoms with Gasteiger partial charge in [0.25, 0.3) is 0 Å². The Bertz CT molecular complexity index is 503. The van der Waals surface area contributed by atoms with E-state index < -0.39 is 0 Å². The molecule has 0 amide bonds. The number of ketones is 1. The monoisotopic (exact) mass is 250 g/mol. The fourth-order valence-electron chi connectivity index (χ4n) is 1.47. The van der Waals surface area contributed by atoms with Crippen molar-refractivity contribution in [3.05, 3.63) is 34.8 Å². The number of carbonyl (C=O) groups is 1. The Morgan fingerprint density at radius 3 is 2.35 bits per heavy atom. The number of ether oxygens (including phenoxy) is 2. The fourth-order valence-corrected chi connectivity index (χ4v) is 1.90. The highest BCUT2D eigenvalue weighted by Gasteiger charge is 2.21. The van der Waals surface area contributed by atoms with Crippen molar-refractivity contribution in [3.8, 4) is 11.5 Å². The van der Waals surface area contributed by atoms with Gasteiger partial charge in [-0.15, -0.1) is 5.10 Å². The minimum absolute atomic E-state index is 0.256. The van der Waals surface area contributed by atoms with Crippen molar-refractivity contribution in [1.82, 2.24) is 9.59 Å². The van der Waals surface area contributed by atoms with Gasteiger partial charge >= 0.3 is 0 Å². The van der Waals surface area contributed by atoms with Crippen LogP contribution in [0.25, 0.3) is 0 Å². The lowest BCUT2D eigenvalue weighted by molar-refractivity contribution is 0.102. The number of aromatic nitrogens is 2. The van der Waals surface area contributed by atoms with Gasteiger partial charge in [-0.05, 0) is 23.7 Å². The van der Waals surface area contributed by atoms with E-state index in [2.05, 4.69) is 9.59 Å². The maximum Gasteiger partial charge on any atom is 0.221 e. The normalized spacial score (nSPS) is 10.0. The number of nitrogens with zero attached hydrogens (tertiary/aromatic N) is 2. The Morgan fingerprint density at radius 2 is 1.88 bits per heavy atom. The Morgan fingerprint density at radius 1 is 1.24 bits per heavy atom. The summed E-state index contributed by atoms with van der Waals surface area (Å²) in [5, 5.41) is 5.34. The molecule has 0 N–H and O–H groups in total. The van der Waals surface area contributed by atoms with Gasteiger partial charge in [-0.2, -0.15) is 0 Å². The third-order valence-electron chi connectivity index (χ3n) is 2.25.